The maximum atomic E-state index is 14.6. The van der Waals surface area contributed by atoms with Crippen molar-refractivity contribution in [2.24, 2.45) is 5.92 Å². The molecule has 0 spiro atoms. The molecule has 1 N–H and O–H groups in total. The summed E-state index contributed by atoms with van der Waals surface area (Å²) >= 11 is 4.67. The summed E-state index contributed by atoms with van der Waals surface area (Å²) in [4.78, 5) is 27.1. The number of aryl methyl sites for hydroxylation is 1. The van der Waals surface area contributed by atoms with E-state index in [0.717, 1.165) is 18.4 Å². The second-order valence-corrected chi connectivity index (χ2v) is 8.61. The Hall–Kier alpha value is -2.30. The Morgan fingerprint density at radius 2 is 2.03 bits per heavy atom. The minimum absolute atomic E-state index is 0. The number of rotatable bonds is 8. The molecule has 0 amide bonds. The highest BCUT2D eigenvalue weighted by Gasteiger charge is 2.40. The number of carboxylic acid groups (broad SMARTS) is 1. The molecule has 8 nitrogen and oxygen atoms in total. The number of carbonyl (C=O) groups is 2. The molecular formula is C21H25ClFN5O3S. The standard InChI is InChI=1S/C21H24FN5O3S.ClH/c22-16-4-2-1-3-15(16)20(21(30)13-5-6-13)26-9-7-17(31)14(12-26)11-18-23-25-27(24-18)10-8-19(28)29;/h1-4,11,13,17,20,31H,5-10,12H2,(H,28,29);1H/b14-11+;. The molecule has 11 heteroatoms. The average Bonchev–Trinajstić information content (AvgIpc) is 3.50. The zero-order valence-electron chi connectivity index (χ0n) is 17.3. The molecule has 2 heterocycles. The van der Waals surface area contributed by atoms with Gasteiger partial charge in [0.15, 0.2) is 11.6 Å². The third-order valence-electron chi connectivity index (χ3n) is 5.63. The summed E-state index contributed by atoms with van der Waals surface area (Å²) in [7, 11) is 0. The number of thiol groups is 1. The number of Topliss-reactive ketones (excluding diaryl/α,β-unsaturated/α-hetero) is 1. The van der Waals surface area contributed by atoms with E-state index in [0.29, 0.717) is 30.9 Å². The Labute approximate surface area is 196 Å². The van der Waals surface area contributed by atoms with Crippen molar-refractivity contribution in [1.82, 2.24) is 25.1 Å². The minimum atomic E-state index is -0.935. The summed E-state index contributed by atoms with van der Waals surface area (Å²) < 4.78 is 14.6. The molecule has 0 bridgehead atoms. The Morgan fingerprint density at radius 1 is 1.28 bits per heavy atom. The first-order chi connectivity index (χ1) is 14.9. The molecule has 1 saturated carbocycles. The Bertz CT molecular complexity index is 1010. The minimum Gasteiger partial charge on any atom is -0.481 e. The number of aromatic nitrogens is 4. The molecule has 1 aromatic heterocycles. The second-order valence-electron chi connectivity index (χ2n) is 7.98. The predicted molar refractivity (Wildman–Crippen MR) is 121 cm³/mol. The lowest BCUT2D eigenvalue weighted by atomic mass is 9.93. The first-order valence-corrected chi connectivity index (χ1v) is 10.8. The zero-order valence-corrected chi connectivity index (χ0v) is 19.0. The van der Waals surface area contributed by atoms with Crippen LogP contribution in [0.25, 0.3) is 6.08 Å². The summed E-state index contributed by atoms with van der Waals surface area (Å²) in [6.07, 6.45) is 4.10. The molecule has 0 radical (unpaired) electrons. The highest BCUT2D eigenvalue weighted by atomic mass is 35.5. The first-order valence-electron chi connectivity index (χ1n) is 10.3. The smallest absolute Gasteiger partial charge is 0.305 e. The molecule has 1 aliphatic carbocycles. The summed E-state index contributed by atoms with van der Waals surface area (Å²) in [5.74, 6) is -0.878. The van der Waals surface area contributed by atoms with E-state index < -0.39 is 12.0 Å². The highest BCUT2D eigenvalue weighted by Crippen LogP contribution is 2.39. The van der Waals surface area contributed by atoms with Crippen LogP contribution in [0.1, 0.15) is 43.1 Å². The van der Waals surface area contributed by atoms with E-state index in [2.05, 4.69) is 28.0 Å². The fourth-order valence-electron chi connectivity index (χ4n) is 3.84. The Morgan fingerprint density at radius 3 is 2.72 bits per heavy atom. The lowest BCUT2D eigenvalue weighted by molar-refractivity contribution is -0.137. The number of benzene rings is 1. The number of aliphatic carboxylic acids is 1. The number of halogens is 2. The number of carbonyl (C=O) groups excluding carboxylic acids is 1. The van der Waals surface area contributed by atoms with E-state index in [4.69, 9.17) is 5.11 Å². The molecule has 4 rings (SSSR count). The number of tetrazole rings is 1. The SMILES string of the molecule is Cl.O=C(O)CCn1nnc(/C=C2\CN(C(C(=O)C3CC3)c3ccccc3F)CCC2S)n1. The summed E-state index contributed by atoms with van der Waals surface area (Å²) in [6, 6.07) is 5.84. The van der Waals surface area contributed by atoms with Crippen molar-refractivity contribution in [3.8, 4) is 0 Å². The zero-order chi connectivity index (χ0) is 22.0. The molecule has 2 aromatic rings. The fraction of sp³-hybridized carbons (Fsp3) is 0.476. The van der Waals surface area contributed by atoms with Crippen molar-refractivity contribution in [3.05, 3.63) is 47.0 Å². The van der Waals surface area contributed by atoms with Crippen molar-refractivity contribution in [2.45, 2.75) is 43.5 Å². The molecular weight excluding hydrogens is 457 g/mol. The normalized spacial score (nSPS) is 21.2. The van der Waals surface area contributed by atoms with Gasteiger partial charge in [0.25, 0.3) is 0 Å². The van der Waals surface area contributed by atoms with Gasteiger partial charge >= 0.3 is 5.97 Å². The Balaban J connectivity index is 0.00000289. The van der Waals surface area contributed by atoms with Gasteiger partial charge in [-0.15, -0.1) is 22.6 Å². The van der Waals surface area contributed by atoms with Gasteiger partial charge in [-0.2, -0.15) is 17.4 Å². The highest BCUT2D eigenvalue weighted by molar-refractivity contribution is 7.81. The third kappa shape index (κ3) is 5.73. The summed E-state index contributed by atoms with van der Waals surface area (Å²) in [5.41, 5.74) is 1.33. The molecule has 2 fully saturated rings. The topological polar surface area (TPSA) is 101 Å². The largest absolute Gasteiger partial charge is 0.481 e. The van der Waals surface area contributed by atoms with Gasteiger partial charge < -0.3 is 5.11 Å². The quantitative estimate of drug-likeness (QED) is 0.559. The van der Waals surface area contributed by atoms with E-state index >= 15 is 0 Å². The van der Waals surface area contributed by atoms with Gasteiger partial charge in [0, 0.05) is 29.8 Å². The molecule has 2 atom stereocenters. The molecule has 2 unspecified atom stereocenters. The number of nitrogens with zero attached hydrogens (tertiary/aromatic N) is 5. The lowest BCUT2D eigenvalue weighted by Crippen LogP contribution is -2.42. The van der Waals surface area contributed by atoms with Crippen LogP contribution in [0.5, 0.6) is 0 Å². The van der Waals surface area contributed by atoms with E-state index in [9.17, 15) is 14.0 Å². The first kappa shape index (κ1) is 24.3. The molecule has 1 saturated heterocycles. The van der Waals surface area contributed by atoms with E-state index in [1.54, 1.807) is 24.3 Å². The number of carboxylic acids is 1. The number of hydrogen-bond acceptors (Lipinski definition) is 7. The molecule has 2 aliphatic rings. The maximum absolute atomic E-state index is 14.6. The van der Waals surface area contributed by atoms with E-state index in [1.165, 1.54) is 10.9 Å². The van der Waals surface area contributed by atoms with Crippen LogP contribution < -0.4 is 0 Å². The Kier molecular flexibility index (Phi) is 8.02. The fourth-order valence-corrected chi connectivity index (χ4v) is 4.11. The summed E-state index contributed by atoms with van der Waals surface area (Å²) in [6.45, 7) is 1.20. The predicted octanol–water partition coefficient (Wildman–Crippen LogP) is 2.82. The van der Waals surface area contributed by atoms with Crippen LogP contribution in [0.4, 0.5) is 4.39 Å². The maximum Gasteiger partial charge on any atom is 0.305 e. The van der Waals surface area contributed by atoms with Gasteiger partial charge in [-0.3, -0.25) is 14.5 Å². The second kappa shape index (κ2) is 10.5. The van der Waals surface area contributed by atoms with Gasteiger partial charge in [-0.25, -0.2) is 4.39 Å². The number of piperidine rings is 1. The molecule has 32 heavy (non-hydrogen) atoms. The van der Waals surface area contributed by atoms with Crippen LogP contribution in [-0.2, 0) is 16.1 Å². The van der Waals surface area contributed by atoms with E-state index in [1.807, 2.05) is 4.90 Å². The van der Waals surface area contributed by atoms with Crippen LogP contribution in [0, 0.1) is 11.7 Å². The van der Waals surface area contributed by atoms with E-state index in [-0.39, 0.29) is 48.1 Å². The number of ketones is 1. The average molecular weight is 482 g/mol. The van der Waals surface area contributed by atoms with Gasteiger partial charge in [0.1, 0.15) is 5.82 Å². The van der Waals surface area contributed by atoms with Crippen molar-refractivity contribution >= 4 is 42.9 Å². The van der Waals surface area contributed by atoms with Gasteiger partial charge in [-0.1, -0.05) is 18.2 Å². The van der Waals surface area contributed by atoms with Gasteiger partial charge in [0.2, 0.25) is 0 Å². The van der Waals surface area contributed by atoms with Crippen LogP contribution >= 0.6 is 25.0 Å². The van der Waals surface area contributed by atoms with Crippen molar-refractivity contribution in [1.29, 1.82) is 0 Å². The molecule has 172 valence electrons. The van der Waals surface area contributed by atoms with Crippen molar-refractivity contribution in [3.63, 3.8) is 0 Å². The van der Waals surface area contributed by atoms with Gasteiger partial charge in [0.05, 0.1) is 19.0 Å². The molecule has 1 aromatic carbocycles. The van der Waals surface area contributed by atoms with Crippen molar-refractivity contribution in [2.75, 3.05) is 13.1 Å². The van der Waals surface area contributed by atoms with Crippen molar-refractivity contribution < 1.29 is 19.1 Å². The third-order valence-corrected chi connectivity index (χ3v) is 6.22. The number of likely N-dealkylation sites (tertiary alicyclic amines) is 1. The molecule has 1 aliphatic heterocycles. The lowest BCUT2D eigenvalue weighted by Gasteiger charge is -2.37. The van der Waals surface area contributed by atoms with Crippen LogP contribution in [-0.4, -0.2) is 60.3 Å². The monoisotopic (exact) mass is 481 g/mol. The van der Waals surface area contributed by atoms with Gasteiger partial charge in [-0.05, 0) is 42.2 Å². The van der Waals surface area contributed by atoms with Crippen LogP contribution in [0.3, 0.4) is 0 Å². The summed E-state index contributed by atoms with van der Waals surface area (Å²) in [5, 5.41) is 20.8. The van der Waals surface area contributed by atoms with Crippen LogP contribution in [0.2, 0.25) is 0 Å². The van der Waals surface area contributed by atoms with Crippen LogP contribution in [0.15, 0.2) is 29.8 Å². The number of hydrogen-bond donors (Lipinski definition) is 2.